The molecule has 0 aliphatic rings. The molecule has 0 bridgehead atoms. The van der Waals surface area contributed by atoms with Gasteiger partial charge in [0.15, 0.2) is 11.0 Å². The smallest absolute Gasteiger partial charge is 0.234 e. The Kier molecular flexibility index (Phi) is 5.97. The fourth-order valence-corrected chi connectivity index (χ4v) is 3.15. The van der Waals surface area contributed by atoms with Crippen LogP contribution in [-0.4, -0.2) is 31.4 Å². The van der Waals surface area contributed by atoms with E-state index in [4.69, 9.17) is 0 Å². The number of nitrogens with one attached hydrogen (secondary N) is 1. The lowest BCUT2D eigenvalue weighted by Crippen LogP contribution is -2.15. The maximum Gasteiger partial charge on any atom is 0.234 e. The number of pyridine rings is 1. The number of nitrogens with zero attached hydrogens (tertiary/aromatic N) is 4. The molecule has 3 aromatic rings. The van der Waals surface area contributed by atoms with Crippen LogP contribution in [0.2, 0.25) is 0 Å². The van der Waals surface area contributed by atoms with Crippen molar-refractivity contribution in [2.75, 3.05) is 11.1 Å². The molecule has 0 atom stereocenters. The summed E-state index contributed by atoms with van der Waals surface area (Å²) >= 11 is 1.26. The van der Waals surface area contributed by atoms with Crippen molar-refractivity contribution in [3.05, 3.63) is 66.8 Å². The van der Waals surface area contributed by atoms with Gasteiger partial charge in [-0.15, -0.1) is 10.2 Å². The molecule has 0 unspecified atom stereocenters. The van der Waals surface area contributed by atoms with Crippen molar-refractivity contribution in [1.82, 2.24) is 19.7 Å². The van der Waals surface area contributed by atoms with E-state index in [1.165, 1.54) is 23.9 Å². The van der Waals surface area contributed by atoms with Gasteiger partial charge in [0.25, 0.3) is 0 Å². The zero-order valence-electron chi connectivity index (χ0n) is 14.7. The minimum Gasteiger partial charge on any atom is -0.325 e. The monoisotopic (exact) mass is 383 g/mol. The van der Waals surface area contributed by atoms with Crippen molar-refractivity contribution < 1.29 is 9.18 Å². The van der Waals surface area contributed by atoms with Crippen LogP contribution in [0.4, 0.5) is 10.1 Å². The fraction of sp³-hybridized carbons (Fsp3) is 0.158. The summed E-state index contributed by atoms with van der Waals surface area (Å²) < 4.78 is 15.1. The van der Waals surface area contributed by atoms with Gasteiger partial charge >= 0.3 is 0 Å². The molecule has 3 rings (SSSR count). The standard InChI is InChI=1S/C19H18FN5OS/c1-13(2)11-25-18(14-6-8-21-9-7-14)23-24-19(25)27-12-17(26)22-16-5-3-4-15(20)10-16/h3-10H,1,11-12H2,2H3,(H,22,26). The molecule has 0 saturated carbocycles. The highest BCUT2D eigenvalue weighted by Gasteiger charge is 2.16. The second kappa shape index (κ2) is 8.59. The van der Waals surface area contributed by atoms with Gasteiger partial charge in [-0.25, -0.2) is 4.39 Å². The van der Waals surface area contributed by atoms with Crippen LogP contribution in [0.1, 0.15) is 6.92 Å². The number of hydrogen-bond acceptors (Lipinski definition) is 5. The predicted octanol–water partition coefficient (Wildman–Crippen LogP) is 3.79. The van der Waals surface area contributed by atoms with Gasteiger partial charge in [-0.05, 0) is 37.3 Å². The van der Waals surface area contributed by atoms with Crippen LogP contribution in [0.25, 0.3) is 11.4 Å². The molecule has 1 amide bonds. The number of amides is 1. The zero-order chi connectivity index (χ0) is 19.2. The highest BCUT2D eigenvalue weighted by atomic mass is 32.2. The molecule has 138 valence electrons. The third kappa shape index (κ3) is 5.01. The Morgan fingerprint density at radius 1 is 1.26 bits per heavy atom. The molecule has 6 nitrogen and oxygen atoms in total. The molecule has 0 spiro atoms. The van der Waals surface area contributed by atoms with Crippen LogP contribution in [0.3, 0.4) is 0 Å². The number of anilines is 1. The maximum atomic E-state index is 13.2. The SMILES string of the molecule is C=C(C)Cn1c(SCC(=O)Nc2cccc(F)c2)nnc1-c1ccncc1. The van der Waals surface area contributed by atoms with E-state index in [9.17, 15) is 9.18 Å². The van der Waals surface area contributed by atoms with Crippen LogP contribution in [0.15, 0.2) is 66.1 Å². The molecule has 0 radical (unpaired) electrons. The minimum atomic E-state index is -0.399. The number of hydrogen-bond donors (Lipinski definition) is 1. The number of aromatic nitrogens is 4. The highest BCUT2D eigenvalue weighted by Crippen LogP contribution is 2.24. The third-order valence-electron chi connectivity index (χ3n) is 3.52. The van der Waals surface area contributed by atoms with E-state index < -0.39 is 5.82 Å². The number of benzene rings is 1. The molecular weight excluding hydrogens is 365 g/mol. The maximum absolute atomic E-state index is 13.2. The van der Waals surface area contributed by atoms with Gasteiger partial charge in [0, 0.05) is 30.2 Å². The number of allylic oxidation sites excluding steroid dienone is 1. The Bertz CT molecular complexity index is 958. The largest absolute Gasteiger partial charge is 0.325 e. The Balaban J connectivity index is 1.73. The van der Waals surface area contributed by atoms with Gasteiger partial charge in [0.2, 0.25) is 5.91 Å². The van der Waals surface area contributed by atoms with Crippen LogP contribution in [0, 0.1) is 5.82 Å². The summed E-state index contributed by atoms with van der Waals surface area (Å²) in [5.74, 6) is 0.166. The molecule has 2 heterocycles. The van der Waals surface area contributed by atoms with Gasteiger partial charge in [-0.2, -0.15) is 0 Å². The van der Waals surface area contributed by atoms with E-state index in [-0.39, 0.29) is 11.7 Å². The normalized spacial score (nSPS) is 10.6. The second-order valence-corrected chi connectivity index (χ2v) is 6.88. The van der Waals surface area contributed by atoms with E-state index in [0.717, 1.165) is 11.1 Å². The first-order chi connectivity index (χ1) is 13.0. The quantitative estimate of drug-likeness (QED) is 0.496. The van der Waals surface area contributed by atoms with Gasteiger partial charge in [0.1, 0.15) is 5.82 Å². The van der Waals surface area contributed by atoms with Crippen LogP contribution in [0.5, 0.6) is 0 Å². The van der Waals surface area contributed by atoms with Crippen LogP contribution >= 0.6 is 11.8 Å². The summed E-state index contributed by atoms with van der Waals surface area (Å²) in [6.45, 7) is 6.41. The first-order valence-corrected chi connectivity index (χ1v) is 9.17. The summed E-state index contributed by atoms with van der Waals surface area (Å²) in [6.07, 6.45) is 3.38. The average molecular weight is 383 g/mol. The van der Waals surface area contributed by atoms with Crippen LogP contribution in [-0.2, 0) is 11.3 Å². The van der Waals surface area contributed by atoms with Crippen LogP contribution < -0.4 is 5.32 Å². The summed E-state index contributed by atoms with van der Waals surface area (Å²) in [6, 6.07) is 9.48. The van der Waals surface area contributed by atoms with Gasteiger partial charge < -0.3 is 5.32 Å². The van der Waals surface area contributed by atoms with Crippen molar-refractivity contribution in [2.24, 2.45) is 0 Å². The van der Waals surface area contributed by atoms with E-state index >= 15 is 0 Å². The van der Waals surface area contributed by atoms with Gasteiger partial charge in [-0.1, -0.05) is 30.0 Å². The van der Waals surface area contributed by atoms with Gasteiger partial charge in [0.05, 0.1) is 5.75 Å². The fourth-order valence-electron chi connectivity index (χ4n) is 2.42. The van der Waals surface area contributed by atoms with Gasteiger partial charge in [-0.3, -0.25) is 14.3 Å². The molecule has 2 aromatic heterocycles. The Labute approximate surface area is 160 Å². The predicted molar refractivity (Wildman–Crippen MR) is 104 cm³/mol. The Morgan fingerprint density at radius 2 is 2.04 bits per heavy atom. The summed E-state index contributed by atoms with van der Waals surface area (Å²) in [7, 11) is 0. The lowest BCUT2D eigenvalue weighted by atomic mass is 10.2. The lowest BCUT2D eigenvalue weighted by molar-refractivity contribution is -0.113. The molecule has 27 heavy (non-hydrogen) atoms. The van der Waals surface area contributed by atoms with Crippen molar-refractivity contribution in [3.63, 3.8) is 0 Å². The molecule has 0 aliphatic carbocycles. The molecule has 0 aliphatic heterocycles. The summed E-state index contributed by atoms with van der Waals surface area (Å²) in [5, 5.41) is 11.7. The van der Waals surface area contributed by atoms with E-state index in [0.29, 0.717) is 23.2 Å². The van der Waals surface area contributed by atoms with E-state index in [1.54, 1.807) is 24.5 Å². The Hall–Kier alpha value is -3.00. The molecular formula is C19H18FN5OS. The van der Waals surface area contributed by atoms with Crippen molar-refractivity contribution in [1.29, 1.82) is 0 Å². The Morgan fingerprint density at radius 3 is 2.74 bits per heavy atom. The number of carbonyl (C=O) groups is 1. The van der Waals surface area contributed by atoms with E-state index in [2.05, 4.69) is 27.1 Å². The highest BCUT2D eigenvalue weighted by molar-refractivity contribution is 7.99. The molecule has 8 heteroatoms. The van der Waals surface area contributed by atoms with Crippen molar-refractivity contribution in [2.45, 2.75) is 18.6 Å². The number of rotatable bonds is 7. The summed E-state index contributed by atoms with van der Waals surface area (Å²) in [5.41, 5.74) is 2.24. The molecule has 1 N–H and O–H groups in total. The second-order valence-electron chi connectivity index (χ2n) is 5.93. The average Bonchev–Trinajstić information content (AvgIpc) is 3.02. The molecule has 1 aromatic carbocycles. The first kappa shape index (κ1) is 18.8. The van der Waals surface area contributed by atoms with E-state index in [1.807, 2.05) is 23.6 Å². The number of halogens is 1. The third-order valence-corrected chi connectivity index (χ3v) is 4.49. The minimum absolute atomic E-state index is 0.126. The number of carbonyl (C=O) groups excluding carboxylic acids is 1. The molecule has 0 fully saturated rings. The first-order valence-electron chi connectivity index (χ1n) is 8.19. The number of thioether (sulfide) groups is 1. The zero-order valence-corrected chi connectivity index (χ0v) is 15.5. The topological polar surface area (TPSA) is 72.7 Å². The van der Waals surface area contributed by atoms with Crippen molar-refractivity contribution in [3.8, 4) is 11.4 Å². The molecule has 0 saturated heterocycles. The van der Waals surface area contributed by atoms with Crippen molar-refractivity contribution >= 4 is 23.4 Å². The summed E-state index contributed by atoms with van der Waals surface area (Å²) in [4.78, 5) is 16.2. The lowest BCUT2D eigenvalue weighted by Gasteiger charge is -2.10.